The van der Waals surface area contributed by atoms with Crippen LogP contribution in [0, 0.1) is 5.41 Å². The van der Waals surface area contributed by atoms with Gasteiger partial charge in [0.05, 0.1) is 0 Å². The van der Waals surface area contributed by atoms with Crippen molar-refractivity contribution in [3.8, 4) is 0 Å². The monoisotopic (exact) mass is 339 g/mol. The average Bonchev–Trinajstić information content (AvgIpc) is 3.00. The van der Waals surface area contributed by atoms with Gasteiger partial charge >= 0.3 is 0 Å². The van der Waals surface area contributed by atoms with Gasteiger partial charge in [0, 0.05) is 32.4 Å². The zero-order valence-corrected chi connectivity index (χ0v) is 15.7. The molecule has 1 amide bonds. The van der Waals surface area contributed by atoms with Crippen LogP contribution in [0.25, 0.3) is 0 Å². The molecule has 1 aliphatic rings. The average molecular weight is 339 g/mol. The second kappa shape index (κ2) is 7.04. The van der Waals surface area contributed by atoms with Gasteiger partial charge in [-0.2, -0.15) is 0 Å². The molecule has 1 heterocycles. The highest BCUT2D eigenvalue weighted by atomic mass is 16.2. The predicted octanol–water partition coefficient (Wildman–Crippen LogP) is 3.91. The van der Waals surface area contributed by atoms with E-state index in [-0.39, 0.29) is 5.91 Å². The van der Waals surface area contributed by atoms with Crippen molar-refractivity contribution in [2.24, 2.45) is 5.41 Å². The Balaban J connectivity index is 1.74. The maximum atomic E-state index is 12.0. The summed E-state index contributed by atoms with van der Waals surface area (Å²) in [7, 11) is 3.54. The molecule has 1 aromatic heterocycles. The minimum atomic E-state index is 0.00666. The Morgan fingerprint density at radius 3 is 2.76 bits per heavy atom. The SMILES string of the molecule is CN(C)C(=O)c1ccc(CN[C@H]2CC(C)(C)CCc3ccccc32)[nH]1. The first kappa shape index (κ1) is 17.7. The van der Waals surface area contributed by atoms with Crippen molar-refractivity contribution < 1.29 is 4.79 Å². The first-order valence-corrected chi connectivity index (χ1v) is 9.06. The van der Waals surface area contributed by atoms with Gasteiger partial charge in [0.1, 0.15) is 5.69 Å². The highest BCUT2D eigenvalue weighted by Crippen LogP contribution is 2.39. The molecule has 4 nitrogen and oxygen atoms in total. The van der Waals surface area contributed by atoms with Gasteiger partial charge in [-0.15, -0.1) is 0 Å². The molecule has 0 bridgehead atoms. The molecule has 0 unspecified atom stereocenters. The van der Waals surface area contributed by atoms with Crippen LogP contribution >= 0.6 is 0 Å². The number of aromatic amines is 1. The number of rotatable bonds is 4. The van der Waals surface area contributed by atoms with E-state index in [2.05, 4.69) is 48.4 Å². The van der Waals surface area contributed by atoms with Gasteiger partial charge in [-0.05, 0) is 47.9 Å². The number of hydrogen-bond acceptors (Lipinski definition) is 2. The summed E-state index contributed by atoms with van der Waals surface area (Å²) in [5.74, 6) is 0.00666. The number of H-pyrrole nitrogens is 1. The molecule has 1 atom stereocenters. The molecule has 25 heavy (non-hydrogen) atoms. The molecular formula is C21H29N3O. The summed E-state index contributed by atoms with van der Waals surface area (Å²) in [5.41, 5.74) is 4.89. The van der Waals surface area contributed by atoms with E-state index in [1.807, 2.05) is 12.1 Å². The highest BCUT2D eigenvalue weighted by Gasteiger charge is 2.29. The van der Waals surface area contributed by atoms with E-state index in [9.17, 15) is 4.79 Å². The quantitative estimate of drug-likeness (QED) is 0.830. The van der Waals surface area contributed by atoms with Crippen LogP contribution in [0.15, 0.2) is 36.4 Å². The zero-order chi connectivity index (χ0) is 18.0. The van der Waals surface area contributed by atoms with Gasteiger partial charge in [-0.25, -0.2) is 0 Å². The maximum Gasteiger partial charge on any atom is 0.269 e. The molecule has 0 spiro atoms. The molecule has 0 fully saturated rings. The molecular weight excluding hydrogens is 310 g/mol. The van der Waals surface area contributed by atoms with Gasteiger partial charge in [-0.1, -0.05) is 38.1 Å². The van der Waals surface area contributed by atoms with Crippen LogP contribution in [0.5, 0.6) is 0 Å². The van der Waals surface area contributed by atoms with Crippen molar-refractivity contribution in [2.75, 3.05) is 14.1 Å². The second-order valence-electron chi connectivity index (χ2n) is 8.10. The van der Waals surface area contributed by atoms with E-state index in [1.54, 1.807) is 19.0 Å². The van der Waals surface area contributed by atoms with Crippen molar-refractivity contribution in [3.05, 3.63) is 58.9 Å². The molecule has 4 heteroatoms. The third-order valence-corrected chi connectivity index (χ3v) is 5.18. The fourth-order valence-corrected chi connectivity index (χ4v) is 3.66. The summed E-state index contributed by atoms with van der Waals surface area (Å²) in [6.07, 6.45) is 3.48. The Hall–Kier alpha value is -2.07. The van der Waals surface area contributed by atoms with E-state index in [4.69, 9.17) is 0 Å². The van der Waals surface area contributed by atoms with Gasteiger partial charge in [0.25, 0.3) is 5.91 Å². The lowest BCUT2D eigenvalue weighted by atomic mass is 9.83. The van der Waals surface area contributed by atoms with Crippen molar-refractivity contribution >= 4 is 5.91 Å². The summed E-state index contributed by atoms with van der Waals surface area (Å²) in [4.78, 5) is 16.9. The molecule has 2 aromatic rings. The minimum Gasteiger partial charge on any atom is -0.353 e. The molecule has 2 N–H and O–H groups in total. The smallest absolute Gasteiger partial charge is 0.269 e. The highest BCUT2D eigenvalue weighted by molar-refractivity contribution is 5.92. The molecule has 0 radical (unpaired) electrons. The van der Waals surface area contributed by atoms with Gasteiger partial charge in [-0.3, -0.25) is 4.79 Å². The van der Waals surface area contributed by atoms with E-state index < -0.39 is 0 Å². The van der Waals surface area contributed by atoms with Crippen molar-refractivity contribution in [3.63, 3.8) is 0 Å². The number of aryl methyl sites for hydroxylation is 1. The fraction of sp³-hybridized carbons (Fsp3) is 0.476. The zero-order valence-electron chi connectivity index (χ0n) is 15.7. The number of carbonyl (C=O) groups excluding carboxylic acids is 1. The van der Waals surface area contributed by atoms with Crippen LogP contribution < -0.4 is 5.32 Å². The maximum absolute atomic E-state index is 12.0. The predicted molar refractivity (Wildman–Crippen MR) is 102 cm³/mol. The Morgan fingerprint density at radius 1 is 1.24 bits per heavy atom. The first-order valence-electron chi connectivity index (χ1n) is 9.06. The van der Waals surface area contributed by atoms with Crippen LogP contribution in [0.1, 0.15) is 60.0 Å². The van der Waals surface area contributed by atoms with Crippen molar-refractivity contribution in [1.82, 2.24) is 15.2 Å². The lowest BCUT2D eigenvalue weighted by Crippen LogP contribution is -2.26. The van der Waals surface area contributed by atoms with Crippen molar-refractivity contribution in [2.45, 2.75) is 45.7 Å². The standard InChI is InChI=1S/C21H29N3O/c1-21(2)12-11-15-7-5-6-8-17(15)19(13-21)22-14-16-9-10-18(23-16)20(25)24(3)4/h5-10,19,22-23H,11-14H2,1-4H3/t19-/m0/s1. The van der Waals surface area contributed by atoms with Crippen LogP contribution in [-0.2, 0) is 13.0 Å². The molecule has 0 aliphatic heterocycles. The third kappa shape index (κ3) is 4.13. The van der Waals surface area contributed by atoms with E-state index in [0.717, 1.165) is 25.1 Å². The number of benzene rings is 1. The topological polar surface area (TPSA) is 48.1 Å². The number of amides is 1. The minimum absolute atomic E-state index is 0.00666. The largest absolute Gasteiger partial charge is 0.353 e. The summed E-state index contributed by atoms with van der Waals surface area (Å²) in [6.45, 7) is 5.45. The summed E-state index contributed by atoms with van der Waals surface area (Å²) >= 11 is 0. The Labute approximate surface area is 150 Å². The Morgan fingerprint density at radius 2 is 2.00 bits per heavy atom. The van der Waals surface area contributed by atoms with E-state index in [0.29, 0.717) is 17.2 Å². The molecule has 1 aromatic carbocycles. The number of nitrogens with one attached hydrogen (secondary N) is 2. The van der Waals surface area contributed by atoms with Gasteiger partial charge < -0.3 is 15.2 Å². The Kier molecular flexibility index (Phi) is 5.00. The number of nitrogens with zero attached hydrogens (tertiary/aromatic N) is 1. The van der Waals surface area contributed by atoms with Crippen molar-refractivity contribution in [1.29, 1.82) is 0 Å². The van der Waals surface area contributed by atoms with Crippen LogP contribution in [0.4, 0.5) is 0 Å². The van der Waals surface area contributed by atoms with E-state index in [1.165, 1.54) is 17.5 Å². The molecule has 1 aliphatic carbocycles. The summed E-state index contributed by atoms with van der Waals surface area (Å²) in [5, 5.41) is 3.72. The Bertz CT molecular complexity index is 745. The first-order chi connectivity index (χ1) is 11.9. The van der Waals surface area contributed by atoms with E-state index >= 15 is 0 Å². The molecule has 134 valence electrons. The molecule has 0 saturated heterocycles. The lowest BCUT2D eigenvalue weighted by molar-refractivity contribution is 0.0822. The number of aromatic nitrogens is 1. The van der Waals surface area contributed by atoms with Crippen LogP contribution in [-0.4, -0.2) is 29.9 Å². The van der Waals surface area contributed by atoms with Crippen LogP contribution in [0.2, 0.25) is 0 Å². The van der Waals surface area contributed by atoms with Crippen LogP contribution in [0.3, 0.4) is 0 Å². The number of fused-ring (bicyclic) bond motifs is 1. The number of carbonyl (C=O) groups is 1. The second-order valence-corrected chi connectivity index (χ2v) is 8.10. The fourth-order valence-electron chi connectivity index (χ4n) is 3.66. The normalized spacial score (nSPS) is 19.1. The lowest BCUT2D eigenvalue weighted by Gasteiger charge is -2.27. The third-order valence-electron chi connectivity index (χ3n) is 5.18. The number of hydrogen-bond donors (Lipinski definition) is 2. The molecule has 3 rings (SSSR count). The van der Waals surface area contributed by atoms with Gasteiger partial charge in [0.15, 0.2) is 0 Å². The van der Waals surface area contributed by atoms with Gasteiger partial charge in [0.2, 0.25) is 0 Å². The summed E-state index contributed by atoms with van der Waals surface area (Å²) in [6, 6.07) is 13.0. The summed E-state index contributed by atoms with van der Waals surface area (Å²) < 4.78 is 0. The molecule has 0 saturated carbocycles.